The van der Waals surface area contributed by atoms with Crippen molar-refractivity contribution in [1.82, 2.24) is 9.80 Å². The summed E-state index contributed by atoms with van der Waals surface area (Å²) in [5, 5.41) is 0. The molecule has 0 aliphatic carbocycles. The smallest absolute Gasteiger partial charge is 0.416 e. The molecule has 2 aliphatic heterocycles. The van der Waals surface area contributed by atoms with Crippen LogP contribution in [0.3, 0.4) is 0 Å². The summed E-state index contributed by atoms with van der Waals surface area (Å²) in [5.74, 6) is 0.761. The Labute approximate surface area is 193 Å². The molecule has 2 aliphatic rings. The van der Waals surface area contributed by atoms with Crippen LogP contribution < -0.4 is 4.74 Å². The van der Waals surface area contributed by atoms with Gasteiger partial charge in [-0.05, 0) is 61.2 Å². The molecule has 2 atom stereocenters. The Kier molecular flexibility index (Phi) is 7.27. The van der Waals surface area contributed by atoms with E-state index in [1.807, 2.05) is 29.2 Å². The van der Waals surface area contributed by atoms with Crippen molar-refractivity contribution in [3.8, 4) is 5.75 Å². The number of halogens is 3. The number of ether oxygens (including phenoxy) is 1. The number of nitrogens with zero attached hydrogens (tertiary/aromatic N) is 2. The van der Waals surface area contributed by atoms with E-state index in [1.165, 1.54) is 18.6 Å². The predicted molar refractivity (Wildman–Crippen MR) is 121 cm³/mol. The zero-order chi connectivity index (χ0) is 23.4. The van der Waals surface area contributed by atoms with Crippen molar-refractivity contribution >= 4 is 5.91 Å². The molecular formula is C26H31F3N2O2. The number of piperidine rings is 1. The number of hydrogen-bond acceptors (Lipinski definition) is 3. The lowest BCUT2D eigenvalue weighted by Gasteiger charge is -2.31. The first-order chi connectivity index (χ1) is 15.8. The van der Waals surface area contributed by atoms with Gasteiger partial charge in [-0.2, -0.15) is 13.2 Å². The minimum absolute atomic E-state index is 0.0123. The fraction of sp³-hybridized carbons (Fsp3) is 0.500. The molecule has 0 saturated carbocycles. The Morgan fingerprint density at radius 1 is 1.03 bits per heavy atom. The van der Waals surface area contributed by atoms with Crippen LogP contribution in [-0.2, 0) is 17.4 Å². The van der Waals surface area contributed by atoms with Crippen LogP contribution >= 0.6 is 0 Å². The maximum atomic E-state index is 13.3. The Morgan fingerprint density at radius 3 is 2.42 bits per heavy atom. The molecule has 0 bridgehead atoms. The summed E-state index contributed by atoms with van der Waals surface area (Å²) < 4.78 is 45.2. The molecule has 33 heavy (non-hydrogen) atoms. The van der Waals surface area contributed by atoms with Gasteiger partial charge in [-0.3, -0.25) is 4.79 Å². The zero-order valence-electron chi connectivity index (χ0n) is 19.0. The molecule has 1 amide bonds. The standard InChI is InChI=1S/C26H31F3N2O2/c1-33-23-10-8-19(9-11-23)14-25(32)31-17-21(16-30-12-3-2-4-13-30)24(18-31)20-6-5-7-22(15-20)26(27,28)29/h5-11,15,21,24H,2-4,12-14,16-18H2,1H3/t21-,24-/m1/s1. The first kappa shape index (κ1) is 23.6. The summed E-state index contributed by atoms with van der Waals surface area (Å²) >= 11 is 0. The van der Waals surface area contributed by atoms with Crippen LogP contribution in [-0.4, -0.2) is 55.5 Å². The largest absolute Gasteiger partial charge is 0.497 e. The van der Waals surface area contributed by atoms with Crippen molar-refractivity contribution in [1.29, 1.82) is 0 Å². The molecule has 0 N–H and O–H groups in total. The number of likely N-dealkylation sites (tertiary alicyclic amines) is 2. The molecule has 7 heteroatoms. The van der Waals surface area contributed by atoms with Crippen molar-refractivity contribution in [2.45, 2.75) is 37.8 Å². The van der Waals surface area contributed by atoms with Crippen LogP contribution in [0.2, 0.25) is 0 Å². The highest BCUT2D eigenvalue weighted by Crippen LogP contribution is 2.37. The number of hydrogen-bond donors (Lipinski definition) is 0. The van der Waals surface area contributed by atoms with Crippen LogP contribution in [0.25, 0.3) is 0 Å². The fourth-order valence-electron chi connectivity index (χ4n) is 5.09. The van der Waals surface area contributed by atoms with E-state index < -0.39 is 11.7 Å². The molecule has 0 radical (unpaired) electrons. The minimum atomic E-state index is -4.37. The summed E-state index contributed by atoms with van der Waals surface area (Å²) in [6.45, 7) is 3.88. The lowest BCUT2D eigenvalue weighted by atomic mass is 9.87. The Balaban J connectivity index is 1.52. The third kappa shape index (κ3) is 5.88. The summed E-state index contributed by atoms with van der Waals surface area (Å²) in [6, 6.07) is 13.1. The first-order valence-electron chi connectivity index (χ1n) is 11.6. The number of methoxy groups -OCH3 is 1. The second-order valence-corrected chi connectivity index (χ2v) is 9.17. The van der Waals surface area contributed by atoms with E-state index in [1.54, 1.807) is 13.2 Å². The fourth-order valence-corrected chi connectivity index (χ4v) is 5.09. The van der Waals surface area contributed by atoms with E-state index in [-0.39, 0.29) is 24.2 Å². The van der Waals surface area contributed by atoms with Gasteiger partial charge in [0.1, 0.15) is 5.75 Å². The molecule has 2 heterocycles. The highest BCUT2D eigenvalue weighted by molar-refractivity contribution is 5.79. The Bertz CT molecular complexity index is 939. The quantitative estimate of drug-likeness (QED) is 0.609. The number of benzene rings is 2. The van der Waals surface area contributed by atoms with Gasteiger partial charge in [-0.15, -0.1) is 0 Å². The lowest BCUT2D eigenvalue weighted by molar-refractivity contribution is -0.137. The van der Waals surface area contributed by atoms with E-state index in [9.17, 15) is 18.0 Å². The van der Waals surface area contributed by atoms with Gasteiger partial charge in [0.05, 0.1) is 19.1 Å². The van der Waals surface area contributed by atoms with Crippen LogP contribution in [0.1, 0.15) is 41.9 Å². The van der Waals surface area contributed by atoms with Gasteiger partial charge in [0.15, 0.2) is 0 Å². The van der Waals surface area contributed by atoms with Crippen molar-refractivity contribution in [2.75, 3.05) is 39.8 Å². The van der Waals surface area contributed by atoms with Gasteiger partial charge >= 0.3 is 6.18 Å². The average molecular weight is 461 g/mol. The highest BCUT2D eigenvalue weighted by Gasteiger charge is 2.38. The van der Waals surface area contributed by atoms with Crippen molar-refractivity contribution in [3.05, 3.63) is 65.2 Å². The van der Waals surface area contributed by atoms with E-state index in [0.29, 0.717) is 18.7 Å². The molecule has 2 fully saturated rings. The van der Waals surface area contributed by atoms with Crippen molar-refractivity contribution < 1.29 is 22.7 Å². The second-order valence-electron chi connectivity index (χ2n) is 9.17. The molecule has 4 rings (SSSR count). The highest BCUT2D eigenvalue weighted by atomic mass is 19.4. The normalized spacial score (nSPS) is 21.9. The molecule has 0 unspecified atom stereocenters. The van der Waals surface area contributed by atoms with Crippen LogP contribution in [0.15, 0.2) is 48.5 Å². The average Bonchev–Trinajstić information content (AvgIpc) is 3.24. The SMILES string of the molecule is COc1ccc(CC(=O)N2C[C@@H](CN3CCCCC3)[C@@H](c3cccc(C(F)(F)F)c3)C2)cc1. The maximum absolute atomic E-state index is 13.3. The number of carbonyl (C=O) groups excluding carboxylic acids is 1. The maximum Gasteiger partial charge on any atom is 0.416 e. The molecule has 178 valence electrons. The van der Waals surface area contributed by atoms with Gasteiger partial charge in [0, 0.05) is 25.6 Å². The number of amides is 1. The second kappa shape index (κ2) is 10.2. The van der Waals surface area contributed by atoms with Gasteiger partial charge in [-0.1, -0.05) is 36.8 Å². The van der Waals surface area contributed by atoms with Gasteiger partial charge in [0.25, 0.3) is 0 Å². The summed E-state index contributed by atoms with van der Waals surface area (Å²) in [7, 11) is 1.60. The minimum Gasteiger partial charge on any atom is -0.497 e. The number of rotatable bonds is 6. The van der Waals surface area contributed by atoms with Crippen molar-refractivity contribution in [2.24, 2.45) is 5.92 Å². The summed E-state index contributed by atoms with van der Waals surface area (Å²) in [6.07, 6.45) is -0.566. The van der Waals surface area contributed by atoms with Gasteiger partial charge in [-0.25, -0.2) is 0 Å². The van der Waals surface area contributed by atoms with E-state index in [2.05, 4.69) is 4.90 Å². The molecule has 2 aromatic rings. The molecule has 2 aromatic carbocycles. The first-order valence-corrected chi connectivity index (χ1v) is 11.6. The Hall–Kier alpha value is -2.54. The molecule has 0 spiro atoms. The molecule has 0 aromatic heterocycles. The van der Waals surface area contributed by atoms with Crippen LogP contribution in [0.5, 0.6) is 5.75 Å². The summed E-state index contributed by atoms with van der Waals surface area (Å²) in [4.78, 5) is 17.4. The molecule has 4 nitrogen and oxygen atoms in total. The van der Waals surface area contributed by atoms with Gasteiger partial charge < -0.3 is 14.5 Å². The topological polar surface area (TPSA) is 32.8 Å². The van der Waals surface area contributed by atoms with E-state index in [0.717, 1.165) is 49.9 Å². The zero-order valence-corrected chi connectivity index (χ0v) is 19.0. The van der Waals surface area contributed by atoms with Crippen molar-refractivity contribution in [3.63, 3.8) is 0 Å². The Morgan fingerprint density at radius 2 is 1.76 bits per heavy atom. The van der Waals surface area contributed by atoms with E-state index >= 15 is 0 Å². The summed E-state index contributed by atoms with van der Waals surface area (Å²) in [5.41, 5.74) is 0.946. The molecule has 2 saturated heterocycles. The lowest BCUT2D eigenvalue weighted by Crippen LogP contribution is -2.37. The monoisotopic (exact) mass is 460 g/mol. The van der Waals surface area contributed by atoms with Crippen LogP contribution in [0.4, 0.5) is 13.2 Å². The third-order valence-electron chi connectivity index (χ3n) is 6.89. The third-order valence-corrected chi connectivity index (χ3v) is 6.89. The van der Waals surface area contributed by atoms with E-state index in [4.69, 9.17) is 4.74 Å². The number of carbonyl (C=O) groups is 1. The van der Waals surface area contributed by atoms with Gasteiger partial charge in [0.2, 0.25) is 5.91 Å². The number of alkyl halides is 3. The molecular weight excluding hydrogens is 429 g/mol. The van der Waals surface area contributed by atoms with Crippen LogP contribution in [0, 0.1) is 5.92 Å². The predicted octanol–water partition coefficient (Wildman–Crippen LogP) is 4.98.